The fourth-order valence-electron chi connectivity index (χ4n) is 3.72. The van der Waals surface area contributed by atoms with Crippen molar-refractivity contribution >= 4 is 22.4 Å². The minimum absolute atomic E-state index is 0.142. The third-order valence-corrected chi connectivity index (χ3v) is 6.23. The highest BCUT2D eigenvalue weighted by molar-refractivity contribution is 7.16. The van der Waals surface area contributed by atoms with Gasteiger partial charge in [0, 0.05) is 33.1 Å². The summed E-state index contributed by atoms with van der Waals surface area (Å²) in [6, 6.07) is 9.63. The number of methoxy groups -OCH3 is 1. The summed E-state index contributed by atoms with van der Waals surface area (Å²) in [5.41, 5.74) is 6.06. The first-order chi connectivity index (χ1) is 15.7. The molecule has 0 atom stereocenters. The molecule has 1 aromatic carbocycles. The van der Waals surface area contributed by atoms with Gasteiger partial charge in [0.1, 0.15) is 5.75 Å². The molecule has 3 aromatic heterocycles. The Morgan fingerprint density at radius 1 is 1.03 bits per heavy atom. The zero-order chi connectivity index (χ0) is 23.7. The standard InChI is InChI=1S/C24H26N6O2S/c1-13-11-14(2)26-23(25-13)30-16(4)20(15(3)29-30)12-21(31)27-24-28-22(17(5)33-24)18-7-9-19(32-6)10-8-18/h7-11H,12H2,1-6H3,(H,27,28,31). The van der Waals surface area contributed by atoms with Gasteiger partial charge in [-0.1, -0.05) is 0 Å². The Balaban J connectivity index is 1.52. The Morgan fingerprint density at radius 2 is 1.70 bits per heavy atom. The predicted octanol–water partition coefficient (Wildman–Crippen LogP) is 4.52. The van der Waals surface area contributed by atoms with Gasteiger partial charge in [0.15, 0.2) is 5.13 Å². The van der Waals surface area contributed by atoms with Crippen molar-refractivity contribution in [1.29, 1.82) is 0 Å². The Hall–Kier alpha value is -3.59. The van der Waals surface area contributed by atoms with E-state index in [0.717, 1.165) is 50.2 Å². The molecule has 0 unspecified atom stereocenters. The molecular weight excluding hydrogens is 436 g/mol. The van der Waals surface area contributed by atoms with Crippen molar-refractivity contribution in [1.82, 2.24) is 24.7 Å². The van der Waals surface area contributed by atoms with Crippen LogP contribution in [0.5, 0.6) is 5.75 Å². The summed E-state index contributed by atoms with van der Waals surface area (Å²) in [6.07, 6.45) is 0.193. The highest BCUT2D eigenvalue weighted by Crippen LogP contribution is 2.31. The number of aromatic nitrogens is 5. The minimum Gasteiger partial charge on any atom is -0.497 e. The molecule has 1 amide bonds. The molecule has 0 aliphatic heterocycles. The Labute approximate surface area is 196 Å². The van der Waals surface area contributed by atoms with E-state index in [1.807, 2.05) is 65.0 Å². The van der Waals surface area contributed by atoms with Crippen LogP contribution in [0.4, 0.5) is 5.13 Å². The first-order valence-electron chi connectivity index (χ1n) is 10.5. The molecule has 0 fully saturated rings. The number of hydrogen-bond donors (Lipinski definition) is 1. The quantitative estimate of drug-likeness (QED) is 0.453. The molecule has 0 saturated heterocycles. The number of nitrogens with one attached hydrogen (secondary N) is 1. The lowest BCUT2D eigenvalue weighted by atomic mass is 10.1. The van der Waals surface area contributed by atoms with Crippen molar-refractivity contribution in [3.63, 3.8) is 0 Å². The first-order valence-corrected chi connectivity index (χ1v) is 11.4. The number of hydrogen-bond acceptors (Lipinski definition) is 7. The van der Waals surface area contributed by atoms with Crippen LogP contribution >= 0.6 is 11.3 Å². The number of ether oxygens (including phenoxy) is 1. The Kier molecular flexibility index (Phi) is 6.24. The summed E-state index contributed by atoms with van der Waals surface area (Å²) in [5, 5.41) is 8.10. The highest BCUT2D eigenvalue weighted by Gasteiger charge is 2.19. The third-order valence-electron chi connectivity index (χ3n) is 5.34. The molecular formula is C24H26N6O2S. The van der Waals surface area contributed by atoms with Gasteiger partial charge in [0.25, 0.3) is 5.95 Å². The van der Waals surface area contributed by atoms with Gasteiger partial charge in [-0.2, -0.15) is 5.10 Å². The number of carbonyl (C=O) groups excluding carboxylic acids is 1. The maximum atomic E-state index is 12.9. The molecule has 3 heterocycles. The summed E-state index contributed by atoms with van der Waals surface area (Å²) < 4.78 is 6.92. The monoisotopic (exact) mass is 462 g/mol. The van der Waals surface area contributed by atoms with E-state index < -0.39 is 0 Å². The van der Waals surface area contributed by atoms with Crippen molar-refractivity contribution in [2.24, 2.45) is 0 Å². The fourth-order valence-corrected chi connectivity index (χ4v) is 4.57. The molecule has 1 N–H and O–H groups in total. The zero-order valence-electron chi connectivity index (χ0n) is 19.6. The van der Waals surface area contributed by atoms with Crippen LogP contribution in [-0.4, -0.2) is 37.7 Å². The molecule has 0 radical (unpaired) electrons. The van der Waals surface area contributed by atoms with Gasteiger partial charge >= 0.3 is 0 Å². The second kappa shape index (κ2) is 9.11. The predicted molar refractivity (Wildman–Crippen MR) is 129 cm³/mol. The van der Waals surface area contributed by atoms with Gasteiger partial charge in [-0.25, -0.2) is 19.6 Å². The van der Waals surface area contributed by atoms with E-state index in [1.54, 1.807) is 11.8 Å². The minimum atomic E-state index is -0.142. The van der Waals surface area contributed by atoms with Crippen molar-refractivity contribution in [2.45, 2.75) is 41.0 Å². The van der Waals surface area contributed by atoms with Gasteiger partial charge in [0.2, 0.25) is 5.91 Å². The summed E-state index contributed by atoms with van der Waals surface area (Å²) in [6.45, 7) is 9.67. The summed E-state index contributed by atoms with van der Waals surface area (Å²) >= 11 is 1.46. The van der Waals surface area contributed by atoms with Crippen LogP contribution in [-0.2, 0) is 11.2 Å². The molecule has 33 heavy (non-hydrogen) atoms. The zero-order valence-corrected chi connectivity index (χ0v) is 20.4. The van der Waals surface area contributed by atoms with Gasteiger partial charge in [0.05, 0.1) is 24.9 Å². The van der Waals surface area contributed by atoms with Crippen LogP contribution in [0.15, 0.2) is 30.3 Å². The van der Waals surface area contributed by atoms with E-state index in [-0.39, 0.29) is 12.3 Å². The summed E-state index contributed by atoms with van der Waals surface area (Å²) in [4.78, 5) is 27.5. The Morgan fingerprint density at radius 3 is 2.33 bits per heavy atom. The smallest absolute Gasteiger partial charge is 0.251 e. The maximum Gasteiger partial charge on any atom is 0.251 e. The Bertz CT molecular complexity index is 1300. The van der Waals surface area contributed by atoms with E-state index in [0.29, 0.717) is 11.1 Å². The van der Waals surface area contributed by atoms with Crippen LogP contribution < -0.4 is 10.1 Å². The van der Waals surface area contributed by atoms with E-state index >= 15 is 0 Å². The van der Waals surface area contributed by atoms with Gasteiger partial charge in [-0.15, -0.1) is 11.3 Å². The molecule has 0 aliphatic rings. The third kappa shape index (κ3) is 4.78. The number of aryl methyl sites for hydroxylation is 4. The second-order valence-corrected chi connectivity index (χ2v) is 9.09. The lowest BCUT2D eigenvalue weighted by Gasteiger charge is -2.06. The van der Waals surface area contributed by atoms with Crippen molar-refractivity contribution in [2.75, 3.05) is 12.4 Å². The van der Waals surface area contributed by atoms with E-state index in [4.69, 9.17) is 4.74 Å². The van der Waals surface area contributed by atoms with Crippen LogP contribution in [0.3, 0.4) is 0 Å². The van der Waals surface area contributed by atoms with Gasteiger partial charge < -0.3 is 10.1 Å². The van der Waals surface area contributed by atoms with Crippen molar-refractivity contribution < 1.29 is 9.53 Å². The normalized spacial score (nSPS) is 11.0. The number of amides is 1. The topological polar surface area (TPSA) is 94.8 Å². The molecule has 8 nitrogen and oxygen atoms in total. The van der Waals surface area contributed by atoms with Crippen molar-refractivity contribution in [3.05, 3.63) is 63.5 Å². The summed E-state index contributed by atoms with van der Waals surface area (Å²) in [5.74, 6) is 1.16. The number of thiazole rings is 1. The van der Waals surface area contributed by atoms with Gasteiger partial charge in [-0.05, 0) is 65.0 Å². The SMILES string of the molecule is COc1ccc(-c2nc(NC(=O)Cc3c(C)nn(-c4nc(C)cc(C)n4)c3C)sc2C)cc1. The lowest BCUT2D eigenvalue weighted by molar-refractivity contribution is -0.115. The van der Waals surface area contributed by atoms with E-state index in [1.165, 1.54) is 11.3 Å². The molecule has 4 aromatic rings. The van der Waals surface area contributed by atoms with Crippen LogP contribution in [0, 0.1) is 34.6 Å². The largest absolute Gasteiger partial charge is 0.497 e. The second-order valence-electron chi connectivity index (χ2n) is 7.89. The molecule has 0 bridgehead atoms. The highest BCUT2D eigenvalue weighted by atomic mass is 32.1. The molecule has 4 rings (SSSR count). The molecule has 170 valence electrons. The number of carbonyl (C=O) groups is 1. The number of nitrogens with zero attached hydrogens (tertiary/aromatic N) is 5. The first kappa shape index (κ1) is 22.6. The van der Waals surface area contributed by atoms with Crippen LogP contribution in [0.2, 0.25) is 0 Å². The average molecular weight is 463 g/mol. The maximum absolute atomic E-state index is 12.9. The lowest BCUT2D eigenvalue weighted by Crippen LogP contribution is -2.15. The van der Waals surface area contributed by atoms with Gasteiger partial charge in [-0.3, -0.25) is 4.79 Å². The number of rotatable bonds is 6. The molecule has 9 heteroatoms. The van der Waals surface area contributed by atoms with E-state index in [9.17, 15) is 4.79 Å². The fraction of sp³-hybridized carbons (Fsp3) is 0.292. The average Bonchev–Trinajstić information content (AvgIpc) is 3.27. The number of anilines is 1. The van der Waals surface area contributed by atoms with Crippen molar-refractivity contribution in [3.8, 4) is 23.0 Å². The summed E-state index contributed by atoms with van der Waals surface area (Å²) in [7, 11) is 1.64. The molecule has 0 saturated carbocycles. The van der Waals surface area contributed by atoms with Crippen LogP contribution in [0.25, 0.3) is 17.2 Å². The molecule has 0 aliphatic carbocycles. The van der Waals surface area contributed by atoms with Crippen LogP contribution in [0.1, 0.15) is 33.2 Å². The van der Waals surface area contributed by atoms with E-state index in [2.05, 4.69) is 25.4 Å². The number of benzene rings is 1. The molecule has 0 spiro atoms.